The van der Waals surface area contributed by atoms with Crippen LogP contribution in [0.1, 0.15) is 0 Å². The standard InChI is InChI=1S/C22H17ClN2O3S/c1-29(27,28)18-12-10-17(11-13-18)25-21(15-6-8-16(23)9-7-15)14-20(24-25)19-4-2-3-5-22(19)26/h2-14,26H,1H3. The zero-order valence-corrected chi connectivity index (χ0v) is 17.0. The first-order valence-corrected chi connectivity index (χ1v) is 11.0. The maximum absolute atomic E-state index is 11.8. The van der Waals surface area contributed by atoms with Gasteiger partial charge in [-0.2, -0.15) is 5.10 Å². The predicted octanol–water partition coefficient (Wildman–Crippen LogP) is 4.97. The van der Waals surface area contributed by atoms with Gasteiger partial charge in [0.2, 0.25) is 0 Å². The summed E-state index contributed by atoms with van der Waals surface area (Å²) < 4.78 is 25.2. The van der Waals surface area contributed by atoms with Crippen molar-refractivity contribution in [1.82, 2.24) is 9.78 Å². The second-order valence-electron chi connectivity index (χ2n) is 6.62. The molecule has 4 aromatic rings. The number of nitrogens with zero attached hydrogens (tertiary/aromatic N) is 2. The minimum absolute atomic E-state index is 0.132. The Morgan fingerprint density at radius 2 is 1.59 bits per heavy atom. The van der Waals surface area contributed by atoms with E-state index in [1.165, 1.54) is 6.26 Å². The van der Waals surface area contributed by atoms with Gasteiger partial charge < -0.3 is 5.11 Å². The summed E-state index contributed by atoms with van der Waals surface area (Å²) in [6.45, 7) is 0. The van der Waals surface area contributed by atoms with Gasteiger partial charge in [-0.1, -0.05) is 35.9 Å². The number of sulfone groups is 1. The van der Waals surface area contributed by atoms with E-state index in [0.29, 0.717) is 22.0 Å². The number of benzene rings is 3. The van der Waals surface area contributed by atoms with Gasteiger partial charge in [-0.15, -0.1) is 0 Å². The summed E-state index contributed by atoms with van der Waals surface area (Å²) in [7, 11) is -3.29. The molecule has 5 nitrogen and oxygen atoms in total. The molecule has 0 fully saturated rings. The molecule has 1 aromatic heterocycles. The van der Waals surface area contributed by atoms with Crippen molar-refractivity contribution < 1.29 is 13.5 Å². The molecule has 7 heteroatoms. The topological polar surface area (TPSA) is 72.2 Å². The fourth-order valence-electron chi connectivity index (χ4n) is 3.06. The second kappa shape index (κ2) is 7.39. The lowest BCUT2D eigenvalue weighted by Gasteiger charge is -2.08. The van der Waals surface area contributed by atoms with Crippen LogP contribution in [0.25, 0.3) is 28.2 Å². The van der Waals surface area contributed by atoms with E-state index >= 15 is 0 Å². The van der Waals surface area contributed by atoms with E-state index in [0.717, 1.165) is 11.3 Å². The Morgan fingerprint density at radius 3 is 2.21 bits per heavy atom. The van der Waals surface area contributed by atoms with Crippen LogP contribution in [0, 0.1) is 0 Å². The molecule has 3 aromatic carbocycles. The molecule has 0 amide bonds. The van der Waals surface area contributed by atoms with Crippen LogP contribution in [-0.4, -0.2) is 29.6 Å². The number of aromatic hydroxyl groups is 1. The minimum atomic E-state index is -3.29. The van der Waals surface area contributed by atoms with Crippen molar-refractivity contribution >= 4 is 21.4 Å². The molecule has 1 N–H and O–H groups in total. The predicted molar refractivity (Wildman–Crippen MR) is 114 cm³/mol. The molecule has 0 radical (unpaired) electrons. The van der Waals surface area contributed by atoms with Crippen molar-refractivity contribution in [1.29, 1.82) is 0 Å². The highest BCUT2D eigenvalue weighted by Gasteiger charge is 2.16. The summed E-state index contributed by atoms with van der Waals surface area (Å²) in [5.41, 5.74) is 3.57. The Labute approximate surface area is 173 Å². The highest BCUT2D eigenvalue weighted by molar-refractivity contribution is 7.90. The van der Waals surface area contributed by atoms with Gasteiger partial charge in [-0.05, 0) is 54.6 Å². The maximum atomic E-state index is 11.8. The number of halogens is 1. The molecular weight excluding hydrogens is 408 g/mol. The largest absolute Gasteiger partial charge is 0.507 e. The van der Waals surface area contributed by atoms with Crippen molar-refractivity contribution in [2.24, 2.45) is 0 Å². The van der Waals surface area contributed by atoms with E-state index < -0.39 is 9.84 Å². The van der Waals surface area contributed by atoms with Crippen LogP contribution in [0.15, 0.2) is 83.8 Å². The summed E-state index contributed by atoms with van der Waals surface area (Å²) in [4.78, 5) is 0.238. The molecule has 0 saturated carbocycles. The Kier molecular flexibility index (Phi) is 4.90. The van der Waals surface area contributed by atoms with Gasteiger partial charge in [-0.25, -0.2) is 13.1 Å². The highest BCUT2D eigenvalue weighted by atomic mass is 35.5. The number of aromatic nitrogens is 2. The lowest BCUT2D eigenvalue weighted by molar-refractivity contribution is 0.477. The summed E-state index contributed by atoms with van der Waals surface area (Å²) in [6.07, 6.45) is 1.17. The fraction of sp³-hybridized carbons (Fsp3) is 0.0455. The molecule has 0 aliphatic heterocycles. The quantitative estimate of drug-likeness (QED) is 0.502. The molecular formula is C22H17ClN2O3S. The molecule has 0 aliphatic rings. The third-order valence-electron chi connectivity index (χ3n) is 4.54. The summed E-state index contributed by atoms with van der Waals surface area (Å²) >= 11 is 6.03. The average Bonchev–Trinajstić information content (AvgIpc) is 3.13. The van der Waals surface area contributed by atoms with Crippen LogP contribution in [-0.2, 0) is 9.84 Å². The van der Waals surface area contributed by atoms with Gasteiger partial charge in [0.1, 0.15) is 5.75 Å². The number of rotatable bonds is 4. The first kappa shape index (κ1) is 19.2. The number of phenols is 1. The van der Waals surface area contributed by atoms with E-state index in [-0.39, 0.29) is 10.6 Å². The number of hydrogen-bond donors (Lipinski definition) is 1. The fourth-order valence-corrected chi connectivity index (χ4v) is 3.82. The molecule has 0 unspecified atom stereocenters. The second-order valence-corrected chi connectivity index (χ2v) is 9.07. The molecule has 0 bridgehead atoms. The van der Waals surface area contributed by atoms with E-state index in [1.54, 1.807) is 59.3 Å². The van der Waals surface area contributed by atoms with Crippen molar-refractivity contribution in [3.05, 3.63) is 83.9 Å². The molecule has 0 spiro atoms. The summed E-state index contributed by atoms with van der Waals surface area (Å²) in [5.74, 6) is 0.132. The monoisotopic (exact) mass is 424 g/mol. The zero-order valence-electron chi connectivity index (χ0n) is 15.4. The SMILES string of the molecule is CS(=O)(=O)c1ccc(-n2nc(-c3ccccc3O)cc2-c2ccc(Cl)cc2)cc1. The van der Waals surface area contributed by atoms with Gasteiger partial charge in [-0.3, -0.25) is 0 Å². The van der Waals surface area contributed by atoms with Gasteiger partial charge in [0.05, 0.1) is 22.0 Å². The van der Waals surface area contributed by atoms with Gasteiger partial charge in [0.25, 0.3) is 0 Å². The molecule has 0 saturated heterocycles. The summed E-state index contributed by atoms with van der Waals surface area (Å²) in [5, 5.41) is 15.5. The Bertz CT molecular complexity index is 1280. The molecule has 0 atom stereocenters. The first-order chi connectivity index (χ1) is 13.8. The van der Waals surface area contributed by atoms with E-state index in [4.69, 9.17) is 11.6 Å². The third kappa shape index (κ3) is 3.90. The van der Waals surface area contributed by atoms with Crippen LogP contribution in [0.2, 0.25) is 5.02 Å². The van der Waals surface area contributed by atoms with Crippen molar-refractivity contribution in [3.63, 3.8) is 0 Å². The Morgan fingerprint density at radius 1 is 0.931 bits per heavy atom. The third-order valence-corrected chi connectivity index (χ3v) is 5.92. The van der Waals surface area contributed by atoms with Crippen LogP contribution >= 0.6 is 11.6 Å². The highest BCUT2D eigenvalue weighted by Crippen LogP contribution is 2.33. The van der Waals surface area contributed by atoms with Crippen LogP contribution in [0.5, 0.6) is 5.75 Å². The first-order valence-electron chi connectivity index (χ1n) is 8.78. The molecule has 1 heterocycles. The molecule has 4 rings (SSSR count). The van der Waals surface area contributed by atoms with Crippen molar-refractivity contribution in [3.8, 4) is 34.0 Å². The lowest BCUT2D eigenvalue weighted by atomic mass is 10.1. The number of para-hydroxylation sites is 1. The Hall–Kier alpha value is -3.09. The number of hydrogen-bond acceptors (Lipinski definition) is 4. The van der Waals surface area contributed by atoms with E-state index in [9.17, 15) is 13.5 Å². The smallest absolute Gasteiger partial charge is 0.175 e. The van der Waals surface area contributed by atoms with Crippen molar-refractivity contribution in [2.45, 2.75) is 4.90 Å². The Balaban J connectivity index is 1.89. The lowest BCUT2D eigenvalue weighted by Crippen LogP contribution is -2.01. The summed E-state index contributed by atoms with van der Waals surface area (Å²) in [6, 6.07) is 22.7. The van der Waals surface area contributed by atoms with Crippen molar-refractivity contribution in [2.75, 3.05) is 6.26 Å². The van der Waals surface area contributed by atoms with Gasteiger partial charge >= 0.3 is 0 Å². The molecule has 146 valence electrons. The number of phenolic OH excluding ortho intramolecular Hbond substituents is 1. The van der Waals surface area contributed by atoms with Crippen LogP contribution < -0.4 is 0 Å². The van der Waals surface area contributed by atoms with E-state index in [1.807, 2.05) is 24.3 Å². The average molecular weight is 425 g/mol. The molecule has 0 aliphatic carbocycles. The van der Waals surface area contributed by atoms with Crippen LogP contribution in [0.4, 0.5) is 0 Å². The van der Waals surface area contributed by atoms with Gasteiger partial charge in [0.15, 0.2) is 9.84 Å². The molecule has 29 heavy (non-hydrogen) atoms. The minimum Gasteiger partial charge on any atom is -0.507 e. The normalized spacial score (nSPS) is 11.5. The van der Waals surface area contributed by atoms with Crippen LogP contribution in [0.3, 0.4) is 0 Å². The maximum Gasteiger partial charge on any atom is 0.175 e. The zero-order chi connectivity index (χ0) is 20.6. The van der Waals surface area contributed by atoms with E-state index in [2.05, 4.69) is 5.10 Å². The van der Waals surface area contributed by atoms with Gasteiger partial charge in [0, 0.05) is 22.4 Å².